The molecule has 1 aromatic rings. The molecule has 0 spiro atoms. The summed E-state index contributed by atoms with van der Waals surface area (Å²) in [6.45, 7) is 3.60. The lowest BCUT2D eigenvalue weighted by atomic mass is 10.2. The van der Waals surface area contributed by atoms with Gasteiger partial charge in [-0.05, 0) is 40.5 Å². The van der Waals surface area contributed by atoms with E-state index in [1.807, 2.05) is 0 Å². The highest BCUT2D eigenvalue weighted by Gasteiger charge is 2.10. The second-order valence-corrected chi connectivity index (χ2v) is 4.18. The van der Waals surface area contributed by atoms with Crippen LogP contribution in [-0.2, 0) is 0 Å². The van der Waals surface area contributed by atoms with Gasteiger partial charge in [-0.15, -0.1) is 0 Å². The van der Waals surface area contributed by atoms with Gasteiger partial charge < -0.3 is 9.84 Å². The van der Waals surface area contributed by atoms with E-state index in [1.165, 1.54) is 13.0 Å². The highest BCUT2D eigenvalue weighted by atomic mass is 79.9. The summed E-state index contributed by atoms with van der Waals surface area (Å²) in [5.41, 5.74) is 0.609. The molecule has 0 saturated heterocycles. The molecule has 0 aromatic heterocycles. The van der Waals surface area contributed by atoms with Crippen LogP contribution >= 0.6 is 15.9 Å². The third kappa shape index (κ3) is 3.45. The zero-order chi connectivity index (χ0) is 13.0. The molecule has 1 N–H and O–H groups in total. The fourth-order valence-corrected chi connectivity index (χ4v) is 1.70. The molecule has 17 heavy (non-hydrogen) atoms. The maximum Gasteiger partial charge on any atom is 0.243 e. The highest BCUT2D eigenvalue weighted by molar-refractivity contribution is 9.10. The third-order valence-electron chi connectivity index (χ3n) is 2.01. The van der Waals surface area contributed by atoms with E-state index >= 15 is 0 Å². The van der Waals surface area contributed by atoms with Crippen molar-refractivity contribution in [2.75, 3.05) is 6.61 Å². The topological polar surface area (TPSA) is 72.6 Å². The summed E-state index contributed by atoms with van der Waals surface area (Å²) in [5, 5.41) is 20.2. The monoisotopic (exact) mass is 301 g/mol. The fourth-order valence-electron chi connectivity index (χ4n) is 1.24. The van der Waals surface area contributed by atoms with Crippen LogP contribution in [0.25, 0.3) is 6.08 Å². The van der Waals surface area contributed by atoms with Crippen LogP contribution in [0.1, 0.15) is 19.4 Å². The Morgan fingerprint density at radius 1 is 1.65 bits per heavy atom. The number of hydrogen-bond acceptors (Lipinski definition) is 4. The number of nitro groups is 1. The van der Waals surface area contributed by atoms with Gasteiger partial charge >= 0.3 is 0 Å². The number of hydrogen-bond donors (Lipinski definition) is 1. The number of aromatic hydroxyl groups is 1. The first-order chi connectivity index (χ1) is 7.95. The van der Waals surface area contributed by atoms with Gasteiger partial charge in [0.05, 0.1) is 16.0 Å². The SMILES string of the molecule is CCOc1cc(C=C(C)[N+](=O)[O-])cc(Br)c1O. The molecule has 0 unspecified atom stereocenters. The Morgan fingerprint density at radius 2 is 2.29 bits per heavy atom. The van der Waals surface area contributed by atoms with Crippen molar-refractivity contribution >= 4 is 22.0 Å². The van der Waals surface area contributed by atoms with Crippen LogP contribution in [0.2, 0.25) is 0 Å². The molecule has 5 nitrogen and oxygen atoms in total. The number of rotatable bonds is 4. The molecule has 0 aliphatic carbocycles. The van der Waals surface area contributed by atoms with Crippen molar-refractivity contribution in [1.29, 1.82) is 0 Å². The molecular formula is C11H12BrNO4. The fraction of sp³-hybridized carbons (Fsp3) is 0.273. The Hall–Kier alpha value is -1.56. The molecule has 92 valence electrons. The van der Waals surface area contributed by atoms with Gasteiger partial charge in [-0.1, -0.05) is 0 Å². The normalized spacial score (nSPS) is 11.4. The molecule has 0 heterocycles. The molecule has 0 aliphatic heterocycles. The number of halogens is 1. The van der Waals surface area contributed by atoms with Crippen LogP contribution in [0.15, 0.2) is 22.3 Å². The summed E-state index contributed by atoms with van der Waals surface area (Å²) in [6, 6.07) is 3.14. The van der Waals surface area contributed by atoms with Crippen LogP contribution < -0.4 is 4.74 Å². The second kappa shape index (κ2) is 5.67. The number of benzene rings is 1. The lowest BCUT2D eigenvalue weighted by Gasteiger charge is -2.08. The molecule has 1 aromatic carbocycles. The zero-order valence-electron chi connectivity index (χ0n) is 9.44. The second-order valence-electron chi connectivity index (χ2n) is 3.33. The van der Waals surface area contributed by atoms with Crippen molar-refractivity contribution in [3.8, 4) is 11.5 Å². The summed E-state index contributed by atoms with van der Waals surface area (Å²) in [6.07, 6.45) is 1.41. The predicted molar refractivity (Wildman–Crippen MR) is 67.6 cm³/mol. The number of phenolic OH excluding ortho intramolecular Hbond substituents is 1. The average Bonchev–Trinajstić information content (AvgIpc) is 2.25. The summed E-state index contributed by atoms with van der Waals surface area (Å²) in [7, 11) is 0. The third-order valence-corrected chi connectivity index (χ3v) is 2.62. The average molecular weight is 302 g/mol. The molecule has 0 atom stereocenters. The zero-order valence-corrected chi connectivity index (χ0v) is 11.0. The van der Waals surface area contributed by atoms with Crippen molar-refractivity contribution in [2.24, 2.45) is 0 Å². The van der Waals surface area contributed by atoms with Crippen LogP contribution in [0.5, 0.6) is 11.5 Å². The summed E-state index contributed by atoms with van der Waals surface area (Å²) in [4.78, 5) is 10.0. The maximum absolute atomic E-state index is 10.5. The predicted octanol–water partition coefficient (Wildman–Crippen LogP) is 3.19. The molecule has 0 bridgehead atoms. The maximum atomic E-state index is 10.5. The minimum absolute atomic E-state index is 0.0113. The van der Waals surface area contributed by atoms with E-state index in [9.17, 15) is 15.2 Å². The van der Waals surface area contributed by atoms with E-state index < -0.39 is 4.92 Å². The number of nitrogens with zero attached hydrogens (tertiary/aromatic N) is 1. The van der Waals surface area contributed by atoms with Gasteiger partial charge in [0.15, 0.2) is 11.5 Å². The standard InChI is InChI=1S/C11H12BrNO4/c1-3-17-10-6-8(4-7(2)13(15)16)5-9(12)11(10)14/h4-6,14H,3H2,1-2H3. The van der Waals surface area contributed by atoms with Crippen molar-refractivity contribution in [1.82, 2.24) is 0 Å². The molecule has 0 fully saturated rings. The van der Waals surface area contributed by atoms with Crippen molar-refractivity contribution in [3.63, 3.8) is 0 Å². The molecule has 1 rings (SSSR count). The van der Waals surface area contributed by atoms with Crippen LogP contribution in [0, 0.1) is 10.1 Å². The Bertz CT molecular complexity index is 471. The lowest BCUT2D eigenvalue weighted by molar-refractivity contribution is -0.422. The van der Waals surface area contributed by atoms with E-state index in [2.05, 4.69) is 15.9 Å². The first kappa shape index (κ1) is 13.5. The minimum Gasteiger partial charge on any atom is -0.503 e. The quantitative estimate of drug-likeness (QED) is 0.685. The van der Waals surface area contributed by atoms with Gasteiger partial charge in [0.2, 0.25) is 5.70 Å². The Labute approximate surface area is 107 Å². The van der Waals surface area contributed by atoms with Crippen molar-refractivity contribution < 1.29 is 14.8 Å². The highest BCUT2D eigenvalue weighted by Crippen LogP contribution is 2.36. The van der Waals surface area contributed by atoms with Gasteiger partial charge in [-0.2, -0.15) is 0 Å². The van der Waals surface area contributed by atoms with Crippen molar-refractivity contribution in [3.05, 3.63) is 38.0 Å². The molecular weight excluding hydrogens is 290 g/mol. The van der Waals surface area contributed by atoms with Gasteiger partial charge in [-0.25, -0.2) is 0 Å². The molecule has 6 heteroatoms. The Morgan fingerprint density at radius 3 is 2.82 bits per heavy atom. The minimum atomic E-state index is -0.471. The summed E-state index contributed by atoms with van der Waals surface area (Å²) >= 11 is 3.16. The van der Waals surface area contributed by atoms with Crippen molar-refractivity contribution in [2.45, 2.75) is 13.8 Å². The van der Waals surface area contributed by atoms with Gasteiger partial charge in [0.1, 0.15) is 0 Å². The number of ether oxygens (including phenoxy) is 1. The van der Waals surface area contributed by atoms with Gasteiger partial charge in [0, 0.05) is 13.0 Å². The number of allylic oxidation sites excluding steroid dienone is 1. The van der Waals surface area contributed by atoms with E-state index in [1.54, 1.807) is 19.1 Å². The van der Waals surface area contributed by atoms with Gasteiger partial charge in [0.25, 0.3) is 0 Å². The number of phenols is 1. The summed E-state index contributed by atoms with van der Waals surface area (Å²) < 4.78 is 5.66. The first-order valence-corrected chi connectivity index (χ1v) is 5.73. The van der Waals surface area contributed by atoms with E-state index in [4.69, 9.17) is 4.74 Å². The summed E-state index contributed by atoms with van der Waals surface area (Å²) in [5.74, 6) is 0.284. The molecule has 0 radical (unpaired) electrons. The molecule has 0 amide bonds. The van der Waals surface area contributed by atoms with E-state index in [-0.39, 0.29) is 11.4 Å². The van der Waals surface area contributed by atoms with Crippen LogP contribution in [0.4, 0.5) is 0 Å². The Kier molecular flexibility index (Phi) is 4.51. The van der Waals surface area contributed by atoms with Crippen LogP contribution in [0.3, 0.4) is 0 Å². The smallest absolute Gasteiger partial charge is 0.243 e. The largest absolute Gasteiger partial charge is 0.503 e. The molecule has 0 aliphatic rings. The van der Waals surface area contributed by atoms with Gasteiger partial charge in [-0.3, -0.25) is 10.1 Å². The first-order valence-electron chi connectivity index (χ1n) is 4.93. The Balaban J connectivity index is 3.19. The molecule has 0 saturated carbocycles. The van der Waals surface area contributed by atoms with Crippen LogP contribution in [-0.4, -0.2) is 16.6 Å². The lowest BCUT2D eigenvalue weighted by Crippen LogP contribution is -1.95. The van der Waals surface area contributed by atoms with E-state index in [0.29, 0.717) is 22.4 Å². The van der Waals surface area contributed by atoms with E-state index in [0.717, 1.165) is 0 Å².